The molecular formula is C46H29N3S. The van der Waals surface area contributed by atoms with E-state index in [1.54, 1.807) is 11.3 Å². The lowest BCUT2D eigenvalue weighted by Gasteiger charge is -2.10. The van der Waals surface area contributed by atoms with Crippen LogP contribution in [0.3, 0.4) is 0 Å². The first-order chi connectivity index (χ1) is 24.8. The van der Waals surface area contributed by atoms with Crippen LogP contribution in [0, 0.1) is 0 Å². The van der Waals surface area contributed by atoms with E-state index in [-0.39, 0.29) is 0 Å². The van der Waals surface area contributed by atoms with E-state index < -0.39 is 0 Å². The Morgan fingerprint density at radius 3 is 1.74 bits per heavy atom. The van der Waals surface area contributed by atoms with E-state index in [9.17, 15) is 0 Å². The first kappa shape index (κ1) is 28.6. The second kappa shape index (κ2) is 11.7. The summed E-state index contributed by atoms with van der Waals surface area (Å²) in [6.07, 6.45) is 0. The van der Waals surface area contributed by atoms with Crippen LogP contribution in [0.5, 0.6) is 0 Å². The molecule has 0 radical (unpaired) electrons. The van der Waals surface area contributed by atoms with Gasteiger partial charge in [-0.3, -0.25) is 0 Å². The third-order valence-electron chi connectivity index (χ3n) is 9.63. The van der Waals surface area contributed by atoms with Crippen LogP contribution in [0.2, 0.25) is 0 Å². The molecule has 4 heteroatoms. The van der Waals surface area contributed by atoms with Crippen molar-refractivity contribution in [3.63, 3.8) is 0 Å². The first-order valence-corrected chi connectivity index (χ1v) is 17.6. The molecule has 50 heavy (non-hydrogen) atoms. The fraction of sp³-hybridized carbons (Fsp3) is 0. The van der Waals surface area contributed by atoms with Crippen molar-refractivity contribution < 1.29 is 0 Å². The fourth-order valence-electron chi connectivity index (χ4n) is 7.19. The van der Waals surface area contributed by atoms with E-state index in [2.05, 4.69) is 156 Å². The molecule has 0 spiro atoms. The molecule has 0 N–H and O–H groups in total. The Kier molecular flexibility index (Phi) is 6.68. The van der Waals surface area contributed by atoms with Crippen molar-refractivity contribution in [2.45, 2.75) is 0 Å². The van der Waals surface area contributed by atoms with Gasteiger partial charge in [0.15, 0.2) is 5.82 Å². The first-order valence-electron chi connectivity index (χ1n) is 16.8. The second-order valence-corrected chi connectivity index (χ2v) is 13.7. The highest BCUT2D eigenvalue weighted by Gasteiger charge is 2.18. The zero-order valence-corrected chi connectivity index (χ0v) is 27.8. The van der Waals surface area contributed by atoms with E-state index in [1.807, 2.05) is 24.3 Å². The monoisotopic (exact) mass is 655 g/mol. The van der Waals surface area contributed by atoms with Gasteiger partial charge < -0.3 is 4.57 Å². The Morgan fingerprint density at radius 1 is 0.400 bits per heavy atom. The van der Waals surface area contributed by atoms with Crippen LogP contribution in [0.25, 0.3) is 92.7 Å². The SMILES string of the molecule is c1ccc(-c2ccc3c(c2)c2ccccc2n3-c2ccc(-c3ccc4c(c3)sc3c(-c5ccccc5)nc(-c5ccccc5)nc34)cc2)cc1. The number of benzene rings is 7. The Hall–Kier alpha value is -6.36. The summed E-state index contributed by atoms with van der Waals surface area (Å²) in [6.45, 7) is 0. The normalized spacial score (nSPS) is 11.6. The molecule has 0 unspecified atom stereocenters. The smallest absolute Gasteiger partial charge is 0.160 e. The minimum absolute atomic E-state index is 0.748. The van der Waals surface area contributed by atoms with Crippen molar-refractivity contribution in [3.05, 3.63) is 176 Å². The van der Waals surface area contributed by atoms with Gasteiger partial charge in [-0.25, -0.2) is 9.97 Å². The molecule has 234 valence electrons. The number of fused-ring (bicyclic) bond motifs is 6. The number of aromatic nitrogens is 3. The fourth-order valence-corrected chi connectivity index (χ4v) is 8.39. The quantitative estimate of drug-likeness (QED) is 0.185. The predicted octanol–water partition coefficient (Wildman–Crippen LogP) is 12.6. The van der Waals surface area contributed by atoms with Gasteiger partial charge in [0, 0.05) is 37.7 Å². The lowest BCUT2D eigenvalue weighted by molar-refractivity contribution is 1.18. The minimum atomic E-state index is 0.748. The Balaban J connectivity index is 1.07. The van der Waals surface area contributed by atoms with Crippen molar-refractivity contribution in [2.24, 2.45) is 0 Å². The van der Waals surface area contributed by atoms with Crippen molar-refractivity contribution in [1.29, 1.82) is 0 Å². The van der Waals surface area contributed by atoms with E-state index >= 15 is 0 Å². The van der Waals surface area contributed by atoms with Gasteiger partial charge in [-0.05, 0) is 58.7 Å². The highest BCUT2D eigenvalue weighted by Crippen LogP contribution is 2.41. The van der Waals surface area contributed by atoms with Crippen molar-refractivity contribution in [2.75, 3.05) is 0 Å². The second-order valence-electron chi connectivity index (χ2n) is 12.6. The lowest BCUT2D eigenvalue weighted by Crippen LogP contribution is -1.93. The maximum Gasteiger partial charge on any atom is 0.160 e. The molecule has 0 aliphatic carbocycles. The van der Waals surface area contributed by atoms with Gasteiger partial charge in [0.2, 0.25) is 0 Å². The molecule has 3 heterocycles. The Labute approximate surface area is 293 Å². The molecule has 0 saturated carbocycles. The van der Waals surface area contributed by atoms with Gasteiger partial charge in [-0.2, -0.15) is 0 Å². The van der Waals surface area contributed by atoms with Crippen LogP contribution in [0.1, 0.15) is 0 Å². The molecular weight excluding hydrogens is 627 g/mol. The van der Waals surface area contributed by atoms with Crippen LogP contribution in [0.15, 0.2) is 176 Å². The summed E-state index contributed by atoms with van der Waals surface area (Å²) in [6, 6.07) is 62.6. The zero-order chi connectivity index (χ0) is 33.0. The van der Waals surface area contributed by atoms with Gasteiger partial charge in [-0.1, -0.05) is 140 Å². The maximum atomic E-state index is 5.13. The number of hydrogen-bond donors (Lipinski definition) is 0. The van der Waals surface area contributed by atoms with Crippen molar-refractivity contribution >= 4 is 53.4 Å². The number of hydrogen-bond acceptors (Lipinski definition) is 3. The summed E-state index contributed by atoms with van der Waals surface area (Å²) in [4.78, 5) is 10.2. The van der Waals surface area contributed by atoms with Gasteiger partial charge in [-0.15, -0.1) is 11.3 Å². The number of para-hydroxylation sites is 1. The topological polar surface area (TPSA) is 30.7 Å². The van der Waals surface area contributed by atoms with E-state index in [1.165, 1.54) is 48.8 Å². The summed E-state index contributed by atoms with van der Waals surface area (Å²) < 4.78 is 4.70. The van der Waals surface area contributed by atoms with Gasteiger partial charge in [0.1, 0.15) is 0 Å². The lowest BCUT2D eigenvalue weighted by atomic mass is 10.0. The standard InChI is InChI=1S/C46H29N3S/c1-4-12-30(13-5-1)34-23-27-41-39(28-34)37-18-10-11-19-40(37)49(41)36-24-20-31(21-25-36)35-22-26-38-42(29-35)50-45-43(32-14-6-2-7-15-32)47-46(48-44(38)45)33-16-8-3-9-17-33/h1-29H. The van der Waals surface area contributed by atoms with Gasteiger partial charge in [0.25, 0.3) is 0 Å². The molecule has 0 aliphatic rings. The molecule has 7 aromatic carbocycles. The highest BCUT2D eigenvalue weighted by molar-refractivity contribution is 7.26. The molecule has 10 aromatic rings. The largest absolute Gasteiger partial charge is 0.309 e. The number of thiophene rings is 1. The molecule has 0 amide bonds. The van der Waals surface area contributed by atoms with Crippen LogP contribution in [0.4, 0.5) is 0 Å². The summed E-state index contributed by atoms with van der Waals surface area (Å²) in [5, 5.41) is 3.67. The average molecular weight is 656 g/mol. The average Bonchev–Trinajstić information content (AvgIpc) is 3.73. The highest BCUT2D eigenvalue weighted by atomic mass is 32.1. The van der Waals surface area contributed by atoms with Crippen LogP contribution in [-0.4, -0.2) is 14.5 Å². The third kappa shape index (κ3) is 4.73. The van der Waals surface area contributed by atoms with Crippen molar-refractivity contribution in [1.82, 2.24) is 14.5 Å². The predicted molar refractivity (Wildman–Crippen MR) is 211 cm³/mol. The number of rotatable bonds is 5. The van der Waals surface area contributed by atoms with E-state index in [4.69, 9.17) is 9.97 Å². The summed E-state index contributed by atoms with van der Waals surface area (Å²) in [5.41, 5.74) is 12.5. The molecule has 0 saturated heterocycles. The molecule has 0 bridgehead atoms. The van der Waals surface area contributed by atoms with E-state index in [0.717, 1.165) is 43.9 Å². The Bertz CT molecular complexity index is 2840. The van der Waals surface area contributed by atoms with Gasteiger partial charge >= 0.3 is 0 Å². The molecule has 0 aliphatic heterocycles. The number of nitrogens with zero attached hydrogens (tertiary/aromatic N) is 3. The summed E-state index contributed by atoms with van der Waals surface area (Å²) >= 11 is 1.77. The van der Waals surface area contributed by atoms with E-state index in [0.29, 0.717) is 0 Å². The van der Waals surface area contributed by atoms with Crippen LogP contribution in [-0.2, 0) is 0 Å². The van der Waals surface area contributed by atoms with Crippen LogP contribution < -0.4 is 0 Å². The third-order valence-corrected chi connectivity index (χ3v) is 10.8. The van der Waals surface area contributed by atoms with Crippen LogP contribution >= 0.6 is 11.3 Å². The summed E-state index contributed by atoms with van der Waals surface area (Å²) in [5.74, 6) is 0.748. The molecule has 3 aromatic heterocycles. The molecule has 0 atom stereocenters. The minimum Gasteiger partial charge on any atom is -0.309 e. The maximum absolute atomic E-state index is 5.13. The zero-order valence-electron chi connectivity index (χ0n) is 27.0. The molecule has 3 nitrogen and oxygen atoms in total. The summed E-state index contributed by atoms with van der Waals surface area (Å²) in [7, 11) is 0. The Morgan fingerprint density at radius 2 is 0.980 bits per heavy atom. The van der Waals surface area contributed by atoms with Gasteiger partial charge in [0.05, 0.1) is 26.9 Å². The molecule has 10 rings (SSSR count). The van der Waals surface area contributed by atoms with Crippen molar-refractivity contribution in [3.8, 4) is 50.6 Å². The molecule has 0 fully saturated rings.